The Labute approximate surface area is 134 Å². The fourth-order valence-corrected chi connectivity index (χ4v) is 2.90. The molecule has 0 bridgehead atoms. The molecule has 124 valence electrons. The van der Waals surface area contributed by atoms with Gasteiger partial charge in [-0.25, -0.2) is 14.7 Å². The lowest BCUT2D eigenvalue weighted by Crippen LogP contribution is -2.41. The highest BCUT2D eigenvalue weighted by molar-refractivity contribution is 5.68. The maximum Gasteiger partial charge on any atom is 0.410 e. The zero-order valence-corrected chi connectivity index (χ0v) is 13.7. The third-order valence-corrected chi connectivity index (χ3v) is 4.06. The Balaban J connectivity index is 1.66. The highest BCUT2D eigenvalue weighted by Gasteiger charge is 2.27. The van der Waals surface area contributed by atoms with E-state index in [9.17, 15) is 9.59 Å². The smallest absolute Gasteiger partial charge is 0.410 e. The van der Waals surface area contributed by atoms with Gasteiger partial charge in [0.25, 0.3) is 0 Å². The topological polar surface area (TPSA) is 79.7 Å². The maximum absolute atomic E-state index is 12.1. The normalized spacial score (nSPS) is 16.7. The van der Waals surface area contributed by atoms with Crippen LogP contribution in [0.15, 0.2) is 23.1 Å². The molecule has 3 rings (SSSR count). The third kappa shape index (κ3) is 3.38. The average Bonchev–Trinajstić information content (AvgIpc) is 2.87. The molecule has 0 radical (unpaired) electrons. The molecule has 7 nitrogen and oxygen atoms in total. The van der Waals surface area contributed by atoms with Crippen molar-refractivity contribution in [1.29, 1.82) is 0 Å². The fourth-order valence-electron chi connectivity index (χ4n) is 2.90. The van der Waals surface area contributed by atoms with Gasteiger partial charge < -0.3 is 9.64 Å². The van der Waals surface area contributed by atoms with Crippen LogP contribution in [0.1, 0.15) is 45.1 Å². The molecule has 1 aliphatic rings. The van der Waals surface area contributed by atoms with E-state index in [1.54, 1.807) is 11.1 Å². The van der Waals surface area contributed by atoms with E-state index in [2.05, 4.69) is 10.2 Å². The van der Waals surface area contributed by atoms with Gasteiger partial charge in [-0.15, -0.1) is 0 Å². The van der Waals surface area contributed by atoms with E-state index in [1.165, 1.54) is 4.40 Å². The van der Waals surface area contributed by atoms with Crippen molar-refractivity contribution in [2.75, 3.05) is 13.1 Å². The molecule has 1 amide bonds. The highest BCUT2D eigenvalue weighted by atomic mass is 16.6. The van der Waals surface area contributed by atoms with Crippen LogP contribution < -0.4 is 5.69 Å². The number of aromatic nitrogens is 3. The number of amides is 1. The lowest BCUT2D eigenvalue weighted by Gasteiger charge is -2.33. The number of fused-ring (bicyclic) bond motifs is 1. The summed E-state index contributed by atoms with van der Waals surface area (Å²) in [4.78, 5) is 25.3. The molecular weight excluding hydrogens is 296 g/mol. The molecule has 1 N–H and O–H groups in total. The fraction of sp³-hybridized carbons (Fsp3) is 0.562. The summed E-state index contributed by atoms with van der Waals surface area (Å²) in [5, 5.41) is 6.44. The number of likely N-dealkylation sites (tertiary alicyclic amines) is 1. The van der Waals surface area contributed by atoms with Crippen molar-refractivity contribution in [3.63, 3.8) is 0 Å². The second kappa shape index (κ2) is 5.72. The molecule has 23 heavy (non-hydrogen) atoms. The molecule has 0 aromatic carbocycles. The first kappa shape index (κ1) is 15.6. The molecule has 2 aromatic heterocycles. The second-order valence-corrected chi connectivity index (χ2v) is 6.96. The number of nitrogens with one attached hydrogen (secondary N) is 1. The summed E-state index contributed by atoms with van der Waals surface area (Å²) >= 11 is 0. The van der Waals surface area contributed by atoms with Gasteiger partial charge in [0.1, 0.15) is 5.60 Å². The van der Waals surface area contributed by atoms with Gasteiger partial charge in [-0.1, -0.05) is 0 Å². The van der Waals surface area contributed by atoms with E-state index in [0.717, 1.165) is 18.4 Å². The summed E-state index contributed by atoms with van der Waals surface area (Å²) in [5.41, 5.74) is 1.08. The number of pyridine rings is 1. The van der Waals surface area contributed by atoms with Crippen LogP contribution in [0.4, 0.5) is 4.79 Å². The van der Waals surface area contributed by atoms with E-state index in [0.29, 0.717) is 24.7 Å². The van der Waals surface area contributed by atoms with E-state index < -0.39 is 5.60 Å². The maximum atomic E-state index is 12.1. The Bertz CT molecular complexity index is 763. The van der Waals surface area contributed by atoms with Gasteiger partial charge in [0, 0.05) is 19.3 Å². The molecule has 3 heterocycles. The van der Waals surface area contributed by atoms with Crippen molar-refractivity contribution in [2.45, 2.75) is 45.1 Å². The van der Waals surface area contributed by atoms with Gasteiger partial charge in [0.15, 0.2) is 5.65 Å². The summed E-state index contributed by atoms with van der Waals surface area (Å²) in [7, 11) is 0. The number of aromatic amines is 1. The van der Waals surface area contributed by atoms with Crippen LogP contribution in [0.5, 0.6) is 0 Å². The summed E-state index contributed by atoms with van der Waals surface area (Å²) in [6.07, 6.45) is 3.26. The molecule has 0 unspecified atom stereocenters. The lowest BCUT2D eigenvalue weighted by atomic mass is 9.90. The number of nitrogens with zero attached hydrogens (tertiary/aromatic N) is 3. The molecule has 0 aliphatic carbocycles. The predicted octanol–water partition coefficient (Wildman–Crippen LogP) is 2.14. The van der Waals surface area contributed by atoms with E-state index >= 15 is 0 Å². The summed E-state index contributed by atoms with van der Waals surface area (Å²) in [6, 6.07) is 3.89. The van der Waals surface area contributed by atoms with E-state index in [-0.39, 0.29) is 11.8 Å². The van der Waals surface area contributed by atoms with Gasteiger partial charge in [0.05, 0.1) is 0 Å². The van der Waals surface area contributed by atoms with Crippen LogP contribution in [0, 0.1) is 0 Å². The summed E-state index contributed by atoms with van der Waals surface area (Å²) in [5.74, 6) is 0.366. The Morgan fingerprint density at radius 1 is 1.35 bits per heavy atom. The Morgan fingerprint density at radius 3 is 2.70 bits per heavy atom. The van der Waals surface area contributed by atoms with Gasteiger partial charge >= 0.3 is 11.8 Å². The zero-order chi connectivity index (χ0) is 16.6. The van der Waals surface area contributed by atoms with Crippen LogP contribution in [-0.2, 0) is 4.74 Å². The van der Waals surface area contributed by atoms with Crippen molar-refractivity contribution in [2.24, 2.45) is 0 Å². The minimum Gasteiger partial charge on any atom is -0.444 e. The van der Waals surface area contributed by atoms with Gasteiger partial charge in [-0.3, -0.25) is 4.40 Å². The SMILES string of the molecule is CC(C)(C)OC(=O)N1CCC(c2ccn3c(=O)[nH]nc3c2)CC1. The van der Waals surface area contributed by atoms with E-state index in [4.69, 9.17) is 4.74 Å². The van der Waals surface area contributed by atoms with Crippen LogP contribution in [0.3, 0.4) is 0 Å². The van der Waals surface area contributed by atoms with E-state index in [1.807, 2.05) is 32.9 Å². The number of carbonyl (C=O) groups excluding carboxylic acids is 1. The van der Waals surface area contributed by atoms with Crippen LogP contribution in [0.2, 0.25) is 0 Å². The third-order valence-electron chi connectivity index (χ3n) is 4.06. The Morgan fingerprint density at radius 2 is 2.04 bits per heavy atom. The zero-order valence-electron chi connectivity index (χ0n) is 13.7. The summed E-state index contributed by atoms with van der Waals surface area (Å²) in [6.45, 7) is 6.98. The molecule has 0 saturated carbocycles. The molecule has 0 atom stereocenters. The number of ether oxygens (including phenoxy) is 1. The minimum absolute atomic E-state index is 0.230. The van der Waals surface area contributed by atoms with Crippen LogP contribution in [-0.4, -0.2) is 44.3 Å². The standard InChI is InChI=1S/C16H22N4O3/c1-16(2,3)23-15(22)19-7-4-11(5-8-19)12-6-9-20-13(10-12)17-18-14(20)21/h6,9-11H,4-5,7-8H2,1-3H3,(H,18,21). The van der Waals surface area contributed by atoms with Gasteiger partial charge in [-0.05, 0) is 57.2 Å². The number of hydrogen-bond donors (Lipinski definition) is 1. The first-order chi connectivity index (χ1) is 10.8. The van der Waals surface area contributed by atoms with Crippen molar-refractivity contribution in [1.82, 2.24) is 19.5 Å². The molecule has 1 saturated heterocycles. The van der Waals surface area contributed by atoms with Gasteiger partial charge in [-0.2, -0.15) is 5.10 Å². The van der Waals surface area contributed by atoms with Crippen molar-refractivity contribution in [3.05, 3.63) is 34.4 Å². The largest absolute Gasteiger partial charge is 0.444 e. The molecule has 1 fully saturated rings. The first-order valence-corrected chi connectivity index (χ1v) is 7.88. The van der Waals surface area contributed by atoms with Crippen molar-refractivity contribution in [3.8, 4) is 0 Å². The molecule has 1 aliphatic heterocycles. The molecule has 2 aromatic rings. The monoisotopic (exact) mass is 318 g/mol. The highest BCUT2D eigenvalue weighted by Crippen LogP contribution is 2.29. The number of H-pyrrole nitrogens is 1. The predicted molar refractivity (Wildman–Crippen MR) is 85.6 cm³/mol. The Kier molecular flexibility index (Phi) is 3.87. The number of hydrogen-bond acceptors (Lipinski definition) is 4. The van der Waals surface area contributed by atoms with Crippen LogP contribution in [0.25, 0.3) is 5.65 Å². The summed E-state index contributed by atoms with van der Waals surface area (Å²) < 4.78 is 6.90. The van der Waals surface area contributed by atoms with Crippen LogP contribution >= 0.6 is 0 Å². The molecule has 0 spiro atoms. The van der Waals surface area contributed by atoms with Crippen molar-refractivity contribution < 1.29 is 9.53 Å². The number of carbonyl (C=O) groups is 1. The quantitative estimate of drug-likeness (QED) is 0.873. The first-order valence-electron chi connectivity index (χ1n) is 7.88. The van der Waals surface area contributed by atoms with Crippen molar-refractivity contribution >= 4 is 11.7 Å². The average molecular weight is 318 g/mol. The molecule has 7 heteroatoms. The van der Waals surface area contributed by atoms with Gasteiger partial charge in [0.2, 0.25) is 0 Å². The Hall–Kier alpha value is -2.31. The minimum atomic E-state index is -0.466. The molecular formula is C16H22N4O3. The lowest BCUT2D eigenvalue weighted by molar-refractivity contribution is 0.0205. The number of rotatable bonds is 1. The second-order valence-electron chi connectivity index (χ2n) is 6.96. The number of piperidine rings is 1.